The first-order valence-corrected chi connectivity index (χ1v) is 11.9. The minimum atomic E-state index is -0.469. The Labute approximate surface area is 196 Å². The van der Waals surface area contributed by atoms with E-state index < -0.39 is 5.92 Å². The number of likely N-dealkylation sites (N-methyl/N-ethyl adjacent to an activating group) is 1. The van der Waals surface area contributed by atoms with Gasteiger partial charge in [0.2, 0.25) is 5.91 Å². The molecule has 1 aliphatic rings. The molecule has 0 saturated carbocycles. The number of benzene rings is 2. The molecule has 2 unspecified atom stereocenters. The van der Waals surface area contributed by atoms with E-state index in [9.17, 15) is 9.59 Å². The van der Waals surface area contributed by atoms with Gasteiger partial charge in [-0.3, -0.25) is 9.59 Å². The smallest absolute Gasteiger partial charge is 0.254 e. The molecule has 174 valence electrons. The molecule has 2 heterocycles. The highest BCUT2D eigenvalue weighted by Gasteiger charge is 2.43. The third-order valence-electron chi connectivity index (χ3n) is 6.95. The molecule has 0 fully saturated rings. The summed E-state index contributed by atoms with van der Waals surface area (Å²) in [6, 6.07) is 15.3. The lowest BCUT2D eigenvalue weighted by molar-refractivity contribution is -0.124. The topological polar surface area (TPSA) is 57.6 Å². The van der Waals surface area contributed by atoms with Crippen LogP contribution in [-0.2, 0) is 11.8 Å². The summed E-state index contributed by atoms with van der Waals surface area (Å²) in [5, 5.41) is 4.25. The number of carbonyl (C=O) groups excluding carboxylic acids is 2. The molecule has 1 N–H and O–H groups in total. The second-order valence-electron chi connectivity index (χ2n) is 8.81. The lowest BCUT2D eigenvalue weighted by atomic mass is 9.79. The molecule has 2 aromatic carbocycles. The number of para-hydroxylation sites is 1. The first kappa shape index (κ1) is 23.1. The second kappa shape index (κ2) is 9.79. The highest BCUT2D eigenvalue weighted by atomic mass is 16.2. The molecule has 3 aromatic rings. The van der Waals surface area contributed by atoms with Crippen molar-refractivity contribution < 1.29 is 9.59 Å². The third kappa shape index (κ3) is 4.27. The zero-order chi connectivity index (χ0) is 23.5. The predicted molar refractivity (Wildman–Crippen MR) is 132 cm³/mol. The van der Waals surface area contributed by atoms with Crippen molar-refractivity contribution in [2.45, 2.75) is 32.2 Å². The summed E-state index contributed by atoms with van der Waals surface area (Å²) in [6.45, 7) is 7.91. The molecule has 2 amide bonds. The maximum atomic E-state index is 13.7. The number of rotatable bonds is 8. The molecule has 6 heteroatoms. The molecule has 6 nitrogen and oxygen atoms in total. The van der Waals surface area contributed by atoms with Gasteiger partial charge in [0.1, 0.15) is 0 Å². The molecule has 2 atom stereocenters. The standard InChI is InChI=1S/C27H34N4O2/c1-5-31(6-2)17-11-16-28-26(32)24-20-13-7-8-14-21(20)27(33)30(4)25(24)22-18-29(3)23-15-10-9-12-19(22)23/h7-10,12-15,18,24-25H,5-6,11,16-17H2,1-4H3,(H,28,32). The van der Waals surface area contributed by atoms with Gasteiger partial charge in [0.05, 0.1) is 12.0 Å². The molecule has 0 bridgehead atoms. The number of carbonyl (C=O) groups is 2. The number of amides is 2. The third-order valence-corrected chi connectivity index (χ3v) is 6.95. The van der Waals surface area contributed by atoms with E-state index in [1.165, 1.54) is 0 Å². The fraction of sp³-hybridized carbons (Fsp3) is 0.407. The molecule has 4 rings (SSSR count). The van der Waals surface area contributed by atoms with Crippen molar-refractivity contribution in [1.29, 1.82) is 0 Å². The molecular formula is C27H34N4O2. The van der Waals surface area contributed by atoms with Crippen LogP contribution in [0, 0.1) is 0 Å². The zero-order valence-corrected chi connectivity index (χ0v) is 20.0. The fourth-order valence-corrected chi connectivity index (χ4v) is 5.12. The van der Waals surface area contributed by atoms with Crippen molar-refractivity contribution in [3.63, 3.8) is 0 Å². The molecule has 0 radical (unpaired) electrons. The highest BCUT2D eigenvalue weighted by Crippen LogP contribution is 2.44. The van der Waals surface area contributed by atoms with Crippen LogP contribution in [0.2, 0.25) is 0 Å². The van der Waals surface area contributed by atoms with Crippen LogP contribution in [0.25, 0.3) is 10.9 Å². The largest absolute Gasteiger partial charge is 0.355 e. The predicted octanol–water partition coefficient (Wildman–Crippen LogP) is 3.94. The minimum Gasteiger partial charge on any atom is -0.355 e. The van der Waals surface area contributed by atoms with E-state index >= 15 is 0 Å². The van der Waals surface area contributed by atoms with E-state index in [2.05, 4.69) is 47.0 Å². The van der Waals surface area contributed by atoms with Crippen LogP contribution in [0.15, 0.2) is 54.7 Å². The van der Waals surface area contributed by atoms with Gasteiger partial charge in [0, 0.05) is 48.9 Å². The second-order valence-corrected chi connectivity index (χ2v) is 8.81. The summed E-state index contributed by atoms with van der Waals surface area (Å²) in [5.41, 5.74) is 3.51. The van der Waals surface area contributed by atoms with Crippen LogP contribution < -0.4 is 5.32 Å². The van der Waals surface area contributed by atoms with Crippen LogP contribution in [-0.4, -0.2) is 59.4 Å². The Morgan fingerprint density at radius 1 is 1.00 bits per heavy atom. The average molecular weight is 447 g/mol. The van der Waals surface area contributed by atoms with Crippen molar-refractivity contribution in [3.05, 3.63) is 71.4 Å². The fourth-order valence-electron chi connectivity index (χ4n) is 5.12. The Balaban J connectivity index is 1.70. The number of hydrogen-bond donors (Lipinski definition) is 1. The maximum absolute atomic E-state index is 13.7. The van der Waals surface area contributed by atoms with Crippen LogP contribution in [0.3, 0.4) is 0 Å². The van der Waals surface area contributed by atoms with E-state index in [1.807, 2.05) is 50.5 Å². The van der Waals surface area contributed by atoms with Gasteiger partial charge in [-0.05, 0) is 43.8 Å². The number of aromatic nitrogens is 1. The van der Waals surface area contributed by atoms with Crippen LogP contribution in [0.4, 0.5) is 0 Å². The zero-order valence-electron chi connectivity index (χ0n) is 20.0. The number of fused-ring (bicyclic) bond motifs is 2. The van der Waals surface area contributed by atoms with E-state index in [0.29, 0.717) is 12.1 Å². The summed E-state index contributed by atoms with van der Waals surface area (Å²) in [6.07, 6.45) is 2.96. The van der Waals surface area contributed by atoms with E-state index in [4.69, 9.17) is 0 Å². The first-order valence-electron chi connectivity index (χ1n) is 11.9. The van der Waals surface area contributed by atoms with Gasteiger partial charge < -0.3 is 19.7 Å². The molecule has 33 heavy (non-hydrogen) atoms. The normalized spacial score (nSPS) is 18.1. The Morgan fingerprint density at radius 3 is 2.45 bits per heavy atom. The van der Waals surface area contributed by atoms with Crippen molar-refractivity contribution in [1.82, 2.24) is 19.7 Å². The minimum absolute atomic E-state index is 0.0284. The molecule has 1 aliphatic heterocycles. The molecule has 0 spiro atoms. The van der Waals surface area contributed by atoms with Crippen LogP contribution >= 0.6 is 0 Å². The number of nitrogens with zero attached hydrogens (tertiary/aromatic N) is 3. The van der Waals surface area contributed by atoms with Gasteiger partial charge >= 0.3 is 0 Å². The maximum Gasteiger partial charge on any atom is 0.254 e. The first-order chi connectivity index (χ1) is 16.0. The lowest BCUT2D eigenvalue weighted by Gasteiger charge is -2.39. The van der Waals surface area contributed by atoms with Gasteiger partial charge in [-0.25, -0.2) is 0 Å². The number of nitrogens with one attached hydrogen (secondary N) is 1. The lowest BCUT2D eigenvalue weighted by Crippen LogP contribution is -2.46. The summed E-state index contributed by atoms with van der Waals surface area (Å²) in [4.78, 5) is 31.0. The van der Waals surface area contributed by atoms with E-state index in [1.54, 1.807) is 4.90 Å². The van der Waals surface area contributed by atoms with Crippen molar-refractivity contribution >= 4 is 22.7 Å². The molecule has 1 aromatic heterocycles. The van der Waals surface area contributed by atoms with Crippen molar-refractivity contribution in [2.24, 2.45) is 7.05 Å². The Hall–Kier alpha value is -3.12. The number of aryl methyl sites for hydroxylation is 1. The monoisotopic (exact) mass is 446 g/mol. The number of hydrogen-bond acceptors (Lipinski definition) is 3. The Bertz CT molecular complexity index is 1150. The summed E-state index contributed by atoms with van der Waals surface area (Å²) >= 11 is 0. The van der Waals surface area contributed by atoms with Gasteiger partial charge in [-0.2, -0.15) is 0 Å². The summed E-state index contributed by atoms with van der Waals surface area (Å²) in [7, 11) is 3.82. The van der Waals surface area contributed by atoms with Gasteiger partial charge in [-0.15, -0.1) is 0 Å². The SMILES string of the molecule is CCN(CC)CCCNC(=O)C1c2ccccc2C(=O)N(C)C1c1cn(C)c2ccccc12. The molecule has 0 aliphatic carbocycles. The molecule has 0 saturated heterocycles. The van der Waals surface area contributed by atoms with E-state index in [-0.39, 0.29) is 17.9 Å². The quantitative estimate of drug-likeness (QED) is 0.534. The van der Waals surface area contributed by atoms with Gasteiger partial charge in [0.15, 0.2) is 0 Å². The summed E-state index contributed by atoms with van der Waals surface area (Å²) in [5.74, 6) is -0.545. The van der Waals surface area contributed by atoms with E-state index in [0.717, 1.165) is 48.1 Å². The van der Waals surface area contributed by atoms with Crippen LogP contribution in [0.5, 0.6) is 0 Å². The van der Waals surface area contributed by atoms with Gasteiger partial charge in [0.25, 0.3) is 5.91 Å². The summed E-state index contributed by atoms with van der Waals surface area (Å²) < 4.78 is 2.07. The highest BCUT2D eigenvalue weighted by molar-refractivity contribution is 6.02. The molecular weight excluding hydrogens is 412 g/mol. The van der Waals surface area contributed by atoms with Crippen molar-refractivity contribution in [3.8, 4) is 0 Å². The van der Waals surface area contributed by atoms with Gasteiger partial charge in [-0.1, -0.05) is 50.2 Å². The average Bonchev–Trinajstić information content (AvgIpc) is 3.17. The van der Waals surface area contributed by atoms with Crippen LogP contribution in [0.1, 0.15) is 53.7 Å². The van der Waals surface area contributed by atoms with Crippen molar-refractivity contribution in [2.75, 3.05) is 33.2 Å². The Morgan fingerprint density at radius 2 is 1.70 bits per heavy atom. The Kier molecular flexibility index (Phi) is 6.84.